The second kappa shape index (κ2) is 9.21. The van der Waals surface area contributed by atoms with E-state index in [1.54, 1.807) is 30.5 Å². The summed E-state index contributed by atoms with van der Waals surface area (Å²) < 4.78 is 5.80. The first kappa shape index (κ1) is 21.5. The number of anilines is 2. The molecule has 1 aliphatic carbocycles. The number of benzene rings is 1. The molecule has 1 saturated carbocycles. The van der Waals surface area contributed by atoms with Crippen LogP contribution < -0.4 is 10.6 Å². The molecule has 0 radical (unpaired) electrons. The lowest BCUT2D eigenvalue weighted by atomic mass is 9.88. The average Bonchev–Trinajstić information content (AvgIpc) is 3.13. The number of aromatic nitrogens is 1. The third-order valence-electron chi connectivity index (χ3n) is 5.69. The maximum atomic E-state index is 13.0. The molecule has 8 nitrogen and oxygen atoms in total. The molecule has 4 rings (SSSR count). The van der Waals surface area contributed by atoms with E-state index in [9.17, 15) is 14.4 Å². The zero-order valence-electron chi connectivity index (χ0n) is 17.8. The number of aliphatic carboxylic acids is 1. The van der Waals surface area contributed by atoms with Crippen LogP contribution in [0.4, 0.5) is 11.5 Å². The summed E-state index contributed by atoms with van der Waals surface area (Å²) in [5, 5.41) is 15.2. The van der Waals surface area contributed by atoms with Crippen molar-refractivity contribution in [3.05, 3.63) is 53.4 Å². The van der Waals surface area contributed by atoms with Gasteiger partial charge in [-0.15, -0.1) is 0 Å². The lowest BCUT2D eigenvalue weighted by Crippen LogP contribution is -2.26. The Bertz CT molecular complexity index is 1160. The Morgan fingerprint density at radius 1 is 1.09 bits per heavy atom. The molecule has 0 unspecified atom stereocenters. The third kappa shape index (κ3) is 4.80. The number of fused-ring (bicyclic) bond motifs is 1. The van der Waals surface area contributed by atoms with Gasteiger partial charge < -0.3 is 20.2 Å². The molecule has 0 aliphatic heterocycles. The number of pyridine rings is 1. The Balaban J connectivity index is 1.69. The van der Waals surface area contributed by atoms with Crippen LogP contribution >= 0.6 is 0 Å². The van der Waals surface area contributed by atoms with Crippen LogP contribution in [0.2, 0.25) is 0 Å². The number of aryl methyl sites for hydroxylation is 1. The van der Waals surface area contributed by atoms with E-state index in [2.05, 4.69) is 15.6 Å². The average molecular weight is 435 g/mol. The monoisotopic (exact) mass is 435 g/mol. The lowest BCUT2D eigenvalue weighted by molar-refractivity contribution is -0.136. The molecular weight excluding hydrogens is 410 g/mol. The van der Waals surface area contributed by atoms with Gasteiger partial charge in [0.1, 0.15) is 17.1 Å². The van der Waals surface area contributed by atoms with Gasteiger partial charge in [0.2, 0.25) is 11.7 Å². The number of carboxylic acids is 1. The van der Waals surface area contributed by atoms with Gasteiger partial charge in [-0.2, -0.15) is 0 Å². The van der Waals surface area contributed by atoms with E-state index >= 15 is 0 Å². The van der Waals surface area contributed by atoms with E-state index in [-0.39, 0.29) is 29.7 Å². The predicted molar refractivity (Wildman–Crippen MR) is 120 cm³/mol. The standard InChI is InChI=1S/C24H25N3O5/c1-14-7-10-19(25-13-14)26-24(31)22-21(27-23(30)16-5-3-2-4-6-16)17-11-15(12-20(28)29)8-9-18(17)32-22/h7-11,13,16H,2-6,12H2,1H3,(H,27,30)(H,28,29)(H,25,26,31). The molecule has 2 heterocycles. The van der Waals surface area contributed by atoms with Crippen molar-refractivity contribution in [3.63, 3.8) is 0 Å². The van der Waals surface area contributed by atoms with Crippen LogP contribution in [0.1, 0.15) is 53.8 Å². The molecule has 1 fully saturated rings. The van der Waals surface area contributed by atoms with Crippen molar-refractivity contribution < 1.29 is 23.9 Å². The smallest absolute Gasteiger partial charge is 0.307 e. The molecule has 0 saturated heterocycles. The van der Waals surface area contributed by atoms with E-state index in [0.717, 1.165) is 37.7 Å². The van der Waals surface area contributed by atoms with Crippen LogP contribution in [0.25, 0.3) is 11.0 Å². The van der Waals surface area contributed by atoms with E-state index in [0.29, 0.717) is 22.4 Å². The number of carbonyl (C=O) groups is 3. The van der Waals surface area contributed by atoms with Crippen LogP contribution in [-0.4, -0.2) is 27.9 Å². The second-order valence-electron chi connectivity index (χ2n) is 8.21. The van der Waals surface area contributed by atoms with E-state index in [1.165, 1.54) is 0 Å². The number of hydrogen-bond donors (Lipinski definition) is 3. The maximum absolute atomic E-state index is 13.0. The maximum Gasteiger partial charge on any atom is 0.307 e. The van der Waals surface area contributed by atoms with Crippen LogP contribution in [0, 0.1) is 12.8 Å². The summed E-state index contributed by atoms with van der Waals surface area (Å²) in [6.07, 6.45) is 6.19. The number of carbonyl (C=O) groups excluding carboxylic acids is 2. The Hall–Kier alpha value is -3.68. The highest BCUT2D eigenvalue weighted by Gasteiger charge is 2.27. The highest BCUT2D eigenvalue weighted by atomic mass is 16.4. The summed E-state index contributed by atoms with van der Waals surface area (Å²) in [7, 11) is 0. The molecule has 0 spiro atoms. The highest BCUT2D eigenvalue weighted by Crippen LogP contribution is 2.34. The van der Waals surface area contributed by atoms with Gasteiger partial charge in [-0.05, 0) is 49.1 Å². The molecule has 166 valence electrons. The van der Waals surface area contributed by atoms with E-state index in [1.807, 2.05) is 13.0 Å². The number of rotatable bonds is 6. The van der Waals surface area contributed by atoms with E-state index in [4.69, 9.17) is 9.52 Å². The molecule has 32 heavy (non-hydrogen) atoms. The summed E-state index contributed by atoms with van der Waals surface area (Å²) in [4.78, 5) is 41.3. The minimum absolute atomic E-state index is 0.0426. The highest BCUT2D eigenvalue weighted by molar-refractivity contribution is 6.14. The largest absolute Gasteiger partial charge is 0.481 e. The first-order valence-electron chi connectivity index (χ1n) is 10.7. The number of nitrogens with zero attached hydrogens (tertiary/aromatic N) is 1. The van der Waals surface area contributed by atoms with Gasteiger partial charge in [0, 0.05) is 17.5 Å². The summed E-state index contributed by atoms with van der Waals surface area (Å²) in [5.74, 6) is -1.47. The van der Waals surface area contributed by atoms with Gasteiger partial charge in [0.05, 0.1) is 6.42 Å². The van der Waals surface area contributed by atoms with Crippen LogP contribution in [0.3, 0.4) is 0 Å². The van der Waals surface area contributed by atoms with Crippen molar-refractivity contribution in [2.24, 2.45) is 5.92 Å². The van der Waals surface area contributed by atoms with Crippen molar-refractivity contribution in [2.75, 3.05) is 10.6 Å². The molecule has 3 N–H and O–H groups in total. The topological polar surface area (TPSA) is 122 Å². The Kier molecular flexibility index (Phi) is 6.20. The Labute approximate surface area is 185 Å². The fourth-order valence-corrected chi connectivity index (χ4v) is 4.02. The Morgan fingerprint density at radius 2 is 1.88 bits per heavy atom. The number of hydrogen-bond acceptors (Lipinski definition) is 5. The SMILES string of the molecule is Cc1ccc(NC(=O)c2oc3ccc(CC(=O)O)cc3c2NC(=O)C2CCCCC2)nc1. The molecule has 2 amide bonds. The summed E-state index contributed by atoms with van der Waals surface area (Å²) in [6.45, 7) is 1.89. The van der Waals surface area contributed by atoms with Crippen molar-refractivity contribution >= 4 is 40.3 Å². The molecule has 1 aromatic carbocycles. The molecule has 8 heteroatoms. The first-order valence-corrected chi connectivity index (χ1v) is 10.7. The van der Waals surface area contributed by atoms with Gasteiger partial charge in [0.25, 0.3) is 5.91 Å². The minimum Gasteiger partial charge on any atom is -0.481 e. The van der Waals surface area contributed by atoms with Gasteiger partial charge in [-0.1, -0.05) is 31.4 Å². The van der Waals surface area contributed by atoms with Gasteiger partial charge in [-0.3, -0.25) is 14.4 Å². The number of nitrogens with one attached hydrogen (secondary N) is 2. The fourth-order valence-electron chi connectivity index (χ4n) is 4.02. The first-order chi connectivity index (χ1) is 15.4. The van der Waals surface area contributed by atoms with Crippen molar-refractivity contribution in [1.82, 2.24) is 4.98 Å². The second-order valence-corrected chi connectivity index (χ2v) is 8.21. The summed E-state index contributed by atoms with van der Waals surface area (Å²) in [6, 6.07) is 8.40. The van der Waals surface area contributed by atoms with Crippen molar-refractivity contribution in [1.29, 1.82) is 0 Å². The third-order valence-corrected chi connectivity index (χ3v) is 5.69. The summed E-state index contributed by atoms with van der Waals surface area (Å²) >= 11 is 0. The molecule has 1 aliphatic rings. The molecular formula is C24H25N3O5. The van der Waals surface area contributed by atoms with E-state index < -0.39 is 11.9 Å². The lowest BCUT2D eigenvalue weighted by Gasteiger charge is -2.20. The van der Waals surface area contributed by atoms with Crippen molar-refractivity contribution in [3.8, 4) is 0 Å². The minimum atomic E-state index is -0.968. The van der Waals surface area contributed by atoms with Crippen LogP contribution in [0.5, 0.6) is 0 Å². The zero-order chi connectivity index (χ0) is 22.7. The predicted octanol–water partition coefficient (Wildman–Crippen LogP) is 4.53. The molecule has 0 atom stereocenters. The normalized spacial score (nSPS) is 14.3. The zero-order valence-corrected chi connectivity index (χ0v) is 17.8. The summed E-state index contributed by atoms with van der Waals surface area (Å²) in [5.41, 5.74) is 2.15. The van der Waals surface area contributed by atoms with Crippen LogP contribution in [-0.2, 0) is 16.0 Å². The van der Waals surface area contributed by atoms with Gasteiger partial charge in [-0.25, -0.2) is 4.98 Å². The van der Waals surface area contributed by atoms with Gasteiger partial charge >= 0.3 is 5.97 Å². The van der Waals surface area contributed by atoms with Crippen molar-refractivity contribution in [2.45, 2.75) is 45.4 Å². The fraction of sp³-hybridized carbons (Fsp3) is 0.333. The quantitative estimate of drug-likeness (QED) is 0.523. The molecule has 0 bridgehead atoms. The van der Waals surface area contributed by atoms with Gasteiger partial charge in [0.15, 0.2) is 0 Å². The number of furan rings is 1. The Morgan fingerprint density at radius 3 is 2.56 bits per heavy atom. The number of carboxylic acid groups (broad SMARTS) is 1. The molecule has 2 aromatic heterocycles. The van der Waals surface area contributed by atoms with Crippen LogP contribution in [0.15, 0.2) is 40.9 Å². The molecule has 3 aromatic rings. The number of amides is 2.